The van der Waals surface area contributed by atoms with E-state index in [1.54, 1.807) is 0 Å². The molecule has 2 rings (SSSR count). The van der Waals surface area contributed by atoms with Gasteiger partial charge in [0.15, 0.2) is 0 Å². The average Bonchev–Trinajstić information content (AvgIpc) is 2.78. The third kappa shape index (κ3) is 3.95. The predicted molar refractivity (Wildman–Crippen MR) is 88.5 cm³/mol. The van der Waals surface area contributed by atoms with Gasteiger partial charge in [-0.15, -0.1) is 0 Å². The van der Waals surface area contributed by atoms with Crippen LogP contribution in [0.5, 0.6) is 0 Å². The quantitative estimate of drug-likeness (QED) is 0.719. The molecule has 0 aliphatic rings. The summed E-state index contributed by atoms with van der Waals surface area (Å²) < 4.78 is 2.13. The van der Waals surface area contributed by atoms with Gasteiger partial charge in [0, 0.05) is 17.6 Å². The lowest BCUT2D eigenvalue weighted by Crippen LogP contribution is -2.13. The number of nitrogens with zero attached hydrogens (tertiary/aromatic N) is 2. The Morgan fingerprint density at radius 1 is 1.20 bits per heavy atom. The molecule has 1 aromatic carbocycles. The lowest BCUT2D eigenvalue weighted by molar-refractivity contribution is 0.536. The summed E-state index contributed by atoms with van der Waals surface area (Å²) in [6.07, 6.45) is 2.19. The summed E-state index contributed by atoms with van der Waals surface area (Å²) in [6.45, 7) is 7.32. The van der Waals surface area contributed by atoms with Crippen LogP contribution in [0.25, 0.3) is 0 Å². The van der Waals surface area contributed by atoms with Crippen LogP contribution in [-0.4, -0.2) is 15.1 Å². The van der Waals surface area contributed by atoms with E-state index in [0.717, 1.165) is 30.4 Å². The van der Waals surface area contributed by atoms with Crippen molar-refractivity contribution in [2.75, 3.05) is 5.33 Å². The molecule has 1 aromatic heterocycles. The van der Waals surface area contributed by atoms with E-state index in [9.17, 15) is 0 Å². The van der Waals surface area contributed by atoms with Crippen molar-refractivity contribution in [3.63, 3.8) is 0 Å². The molecule has 0 saturated carbocycles. The van der Waals surface area contributed by atoms with Gasteiger partial charge < -0.3 is 0 Å². The van der Waals surface area contributed by atoms with Crippen LogP contribution >= 0.6 is 15.9 Å². The molecule has 0 amide bonds. The van der Waals surface area contributed by atoms with Crippen molar-refractivity contribution >= 4 is 15.9 Å². The number of alkyl halides is 1. The summed E-state index contributed by atoms with van der Waals surface area (Å²) in [7, 11) is 0. The van der Waals surface area contributed by atoms with Crippen molar-refractivity contribution in [3.05, 3.63) is 52.8 Å². The van der Waals surface area contributed by atoms with Gasteiger partial charge in [0.2, 0.25) is 0 Å². The molecule has 0 fully saturated rings. The summed E-state index contributed by atoms with van der Waals surface area (Å²) in [5, 5.41) is 5.56. The standard InChI is InChI=1S/C17H23BrN2/c1-4-20-17(9-14(3)19-20)11-16(12-18)10-15-7-5-6-13(2)8-15/h5-9,16H,4,10-12H2,1-3H3. The highest BCUT2D eigenvalue weighted by molar-refractivity contribution is 9.09. The number of hydrogen-bond donors (Lipinski definition) is 0. The number of benzene rings is 1. The van der Waals surface area contributed by atoms with Gasteiger partial charge in [-0.3, -0.25) is 4.68 Å². The molecule has 1 unspecified atom stereocenters. The summed E-state index contributed by atoms with van der Waals surface area (Å²) in [6, 6.07) is 11.0. The molecule has 3 heteroatoms. The van der Waals surface area contributed by atoms with Crippen molar-refractivity contribution in [1.29, 1.82) is 0 Å². The van der Waals surface area contributed by atoms with Crippen LogP contribution in [0.3, 0.4) is 0 Å². The van der Waals surface area contributed by atoms with Gasteiger partial charge in [0.05, 0.1) is 5.69 Å². The predicted octanol–water partition coefficient (Wildman–Crippen LogP) is 4.32. The topological polar surface area (TPSA) is 17.8 Å². The van der Waals surface area contributed by atoms with E-state index in [4.69, 9.17) is 0 Å². The van der Waals surface area contributed by atoms with Gasteiger partial charge in [0.25, 0.3) is 0 Å². The molecule has 0 aliphatic heterocycles. The van der Waals surface area contributed by atoms with Crippen LogP contribution in [0, 0.1) is 19.8 Å². The van der Waals surface area contributed by atoms with Gasteiger partial charge in [0.1, 0.15) is 0 Å². The second-order valence-electron chi connectivity index (χ2n) is 5.51. The molecule has 20 heavy (non-hydrogen) atoms. The summed E-state index contributed by atoms with van der Waals surface area (Å²) in [5.74, 6) is 0.609. The second-order valence-corrected chi connectivity index (χ2v) is 6.16. The van der Waals surface area contributed by atoms with Crippen LogP contribution in [0.15, 0.2) is 30.3 Å². The lowest BCUT2D eigenvalue weighted by Gasteiger charge is -2.15. The largest absolute Gasteiger partial charge is 0.270 e. The highest BCUT2D eigenvalue weighted by Gasteiger charge is 2.13. The number of aryl methyl sites for hydroxylation is 3. The molecule has 2 nitrogen and oxygen atoms in total. The highest BCUT2D eigenvalue weighted by atomic mass is 79.9. The van der Waals surface area contributed by atoms with E-state index in [1.165, 1.54) is 16.8 Å². The van der Waals surface area contributed by atoms with Crippen molar-refractivity contribution in [1.82, 2.24) is 9.78 Å². The van der Waals surface area contributed by atoms with E-state index < -0.39 is 0 Å². The normalized spacial score (nSPS) is 12.6. The van der Waals surface area contributed by atoms with E-state index in [-0.39, 0.29) is 0 Å². The third-order valence-corrected chi connectivity index (χ3v) is 4.52. The second kappa shape index (κ2) is 7.07. The molecule has 0 saturated heterocycles. The maximum atomic E-state index is 4.54. The van der Waals surface area contributed by atoms with Crippen LogP contribution in [0.1, 0.15) is 29.4 Å². The molecule has 0 aliphatic carbocycles. The summed E-state index contributed by atoms with van der Waals surface area (Å²) >= 11 is 3.67. The molecule has 0 spiro atoms. The summed E-state index contributed by atoms with van der Waals surface area (Å²) in [4.78, 5) is 0. The molecule has 1 atom stereocenters. The molecular weight excluding hydrogens is 312 g/mol. The maximum absolute atomic E-state index is 4.54. The molecule has 108 valence electrons. The Balaban J connectivity index is 2.08. The van der Waals surface area contributed by atoms with Gasteiger partial charge in [-0.2, -0.15) is 5.10 Å². The zero-order chi connectivity index (χ0) is 14.5. The van der Waals surface area contributed by atoms with E-state index >= 15 is 0 Å². The van der Waals surface area contributed by atoms with Crippen molar-refractivity contribution in [2.45, 2.75) is 40.2 Å². The van der Waals surface area contributed by atoms with E-state index in [1.807, 2.05) is 0 Å². The zero-order valence-corrected chi connectivity index (χ0v) is 14.2. The fraction of sp³-hybridized carbons (Fsp3) is 0.471. The third-order valence-electron chi connectivity index (χ3n) is 3.61. The lowest BCUT2D eigenvalue weighted by atomic mass is 9.95. The zero-order valence-electron chi connectivity index (χ0n) is 12.6. The minimum Gasteiger partial charge on any atom is -0.270 e. The number of aromatic nitrogens is 2. The fourth-order valence-corrected chi connectivity index (χ4v) is 3.14. The minimum absolute atomic E-state index is 0.609. The molecule has 0 bridgehead atoms. The monoisotopic (exact) mass is 334 g/mol. The van der Waals surface area contributed by atoms with Crippen LogP contribution in [-0.2, 0) is 19.4 Å². The Morgan fingerprint density at radius 3 is 2.65 bits per heavy atom. The Bertz CT molecular complexity index is 560. The SMILES string of the molecule is CCn1nc(C)cc1CC(CBr)Cc1cccc(C)c1. The fourth-order valence-electron chi connectivity index (χ4n) is 2.69. The average molecular weight is 335 g/mol. The summed E-state index contributed by atoms with van der Waals surface area (Å²) in [5.41, 5.74) is 5.23. The smallest absolute Gasteiger partial charge is 0.0596 e. The van der Waals surface area contributed by atoms with Crippen LogP contribution in [0.4, 0.5) is 0 Å². The first-order chi connectivity index (χ1) is 9.62. The van der Waals surface area contributed by atoms with Crippen molar-refractivity contribution in [2.24, 2.45) is 5.92 Å². The number of rotatable bonds is 6. The Hall–Kier alpha value is -1.09. The van der Waals surface area contributed by atoms with Gasteiger partial charge in [-0.05, 0) is 51.2 Å². The molecule has 1 heterocycles. The van der Waals surface area contributed by atoms with Gasteiger partial charge in [-0.1, -0.05) is 45.8 Å². The van der Waals surface area contributed by atoms with E-state index in [0.29, 0.717) is 5.92 Å². The first-order valence-corrected chi connectivity index (χ1v) is 8.39. The minimum atomic E-state index is 0.609. The van der Waals surface area contributed by atoms with Crippen molar-refractivity contribution < 1.29 is 0 Å². The molecule has 0 N–H and O–H groups in total. The first kappa shape index (κ1) is 15.3. The highest BCUT2D eigenvalue weighted by Crippen LogP contribution is 2.18. The van der Waals surface area contributed by atoms with Crippen LogP contribution < -0.4 is 0 Å². The van der Waals surface area contributed by atoms with Gasteiger partial charge in [-0.25, -0.2) is 0 Å². The number of halogens is 1. The Labute approximate surface area is 130 Å². The molecule has 2 aromatic rings. The molecule has 0 radical (unpaired) electrons. The van der Waals surface area contributed by atoms with Gasteiger partial charge >= 0.3 is 0 Å². The van der Waals surface area contributed by atoms with Crippen LogP contribution in [0.2, 0.25) is 0 Å². The Kier molecular flexibility index (Phi) is 5.41. The van der Waals surface area contributed by atoms with E-state index in [2.05, 4.69) is 76.8 Å². The maximum Gasteiger partial charge on any atom is 0.0596 e. The first-order valence-electron chi connectivity index (χ1n) is 7.27. The number of hydrogen-bond acceptors (Lipinski definition) is 1. The Morgan fingerprint density at radius 2 is 2.00 bits per heavy atom. The van der Waals surface area contributed by atoms with Crippen molar-refractivity contribution in [3.8, 4) is 0 Å². The molecular formula is C17H23BrN2.